The lowest BCUT2D eigenvalue weighted by Gasteiger charge is -2.11. The Hall–Kier alpha value is -2.14. The van der Waals surface area contributed by atoms with Gasteiger partial charge in [0.1, 0.15) is 11.4 Å². The molecule has 1 heterocycles. The number of hydrogen-bond donors (Lipinski definition) is 2. The summed E-state index contributed by atoms with van der Waals surface area (Å²) in [6.45, 7) is 7.58. The molecule has 1 aromatic heterocycles. The lowest BCUT2D eigenvalue weighted by atomic mass is 10.0. The van der Waals surface area contributed by atoms with E-state index < -0.39 is 0 Å². The molecular weight excluding hydrogens is 278 g/mol. The zero-order valence-electron chi connectivity index (χ0n) is 13.3. The highest BCUT2D eigenvalue weighted by molar-refractivity contribution is 5.36. The molecule has 0 radical (unpaired) electrons. The van der Waals surface area contributed by atoms with Crippen molar-refractivity contribution >= 4 is 0 Å². The summed E-state index contributed by atoms with van der Waals surface area (Å²) in [6, 6.07) is 8.96. The van der Waals surface area contributed by atoms with Crippen molar-refractivity contribution in [1.29, 1.82) is 0 Å². The van der Waals surface area contributed by atoms with Crippen LogP contribution in [0.25, 0.3) is 5.69 Å². The summed E-state index contributed by atoms with van der Waals surface area (Å²) in [5.74, 6) is 0.371. The SMILES string of the molecule is CCCNCc1nn(-c2ccc(C(C)C)cc2)c(=O)cc1O. The van der Waals surface area contributed by atoms with Crippen molar-refractivity contribution in [3.8, 4) is 11.4 Å². The number of hydrogen-bond acceptors (Lipinski definition) is 4. The van der Waals surface area contributed by atoms with Crippen molar-refractivity contribution in [3.05, 3.63) is 51.9 Å². The lowest BCUT2D eigenvalue weighted by Crippen LogP contribution is -2.24. The molecule has 0 saturated heterocycles. The molecule has 5 nitrogen and oxygen atoms in total. The first kappa shape index (κ1) is 16.2. The fourth-order valence-electron chi connectivity index (χ4n) is 2.18. The Morgan fingerprint density at radius 1 is 1.27 bits per heavy atom. The van der Waals surface area contributed by atoms with Crippen LogP contribution in [0.2, 0.25) is 0 Å². The summed E-state index contributed by atoms with van der Waals surface area (Å²) in [7, 11) is 0. The zero-order chi connectivity index (χ0) is 16.1. The Kier molecular flexibility index (Phi) is 5.33. The summed E-state index contributed by atoms with van der Waals surface area (Å²) in [5, 5.41) is 17.3. The molecule has 0 fully saturated rings. The highest BCUT2D eigenvalue weighted by atomic mass is 16.3. The van der Waals surface area contributed by atoms with E-state index in [4.69, 9.17) is 0 Å². The molecule has 2 aromatic rings. The van der Waals surface area contributed by atoms with E-state index in [0.29, 0.717) is 23.8 Å². The average Bonchev–Trinajstić information content (AvgIpc) is 2.50. The monoisotopic (exact) mass is 301 g/mol. The van der Waals surface area contributed by atoms with Crippen LogP contribution >= 0.6 is 0 Å². The number of benzene rings is 1. The van der Waals surface area contributed by atoms with Gasteiger partial charge in [0.2, 0.25) is 0 Å². The third-order valence-electron chi connectivity index (χ3n) is 3.51. The molecule has 0 aliphatic heterocycles. The summed E-state index contributed by atoms with van der Waals surface area (Å²) in [5.41, 5.74) is 2.04. The Bertz CT molecular complexity index is 675. The molecule has 0 aliphatic carbocycles. The van der Waals surface area contributed by atoms with Gasteiger partial charge in [-0.25, -0.2) is 0 Å². The highest BCUT2D eigenvalue weighted by Gasteiger charge is 2.09. The van der Waals surface area contributed by atoms with Crippen molar-refractivity contribution in [2.24, 2.45) is 0 Å². The molecule has 0 atom stereocenters. The van der Waals surface area contributed by atoms with E-state index >= 15 is 0 Å². The van der Waals surface area contributed by atoms with Crippen LogP contribution in [0, 0.1) is 0 Å². The maximum absolute atomic E-state index is 12.1. The second-order valence-corrected chi connectivity index (χ2v) is 5.65. The van der Waals surface area contributed by atoms with Crippen LogP contribution < -0.4 is 10.9 Å². The Labute approximate surface area is 130 Å². The maximum atomic E-state index is 12.1. The fraction of sp³-hybridized carbons (Fsp3) is 0.412. The smallest absolute Gasteiger partial charge is 0.275 e. The largest absolute Gasteiger partial charge is 0.506 e. The van der Waals surface area contributed by atoms with E-state index in [1.54, 1.807) is 0 Å². The normalized spacial score (nSPS) is 11.1. The van der Waals surface area contributed by atoms with Crippen molar-refractivity contribution in [1.82, 2.24) is 15.1 Å². The molecule has 0 bridgehead atoms. The summed E-state index contributed by atoms with van der Waals surface area (Å²) in [4.78, 5) is 12.1. The second kappa shape index (κ2) is 7.22. The number of nitrogens with one attached hydrogen (secondary N) is 1. The van der Waals surface area contributed by atoms with Crippen molar-refractivity contribution < 1.29 is 5.11 Å². The van der Waals surface area contributed by atoms with Crippen molar-refractivity contribution in [2.75, 3.05) is 6.54 Å². The van der Waals surface area contributed by atoms with E-state index in [1.165, 1.54) is 16.3 Å². The van der Waals surface area contributed by atoms with E-state index in [1.807, 2.05) is 24.3 Å². The minimum absolute atomic E-state index is 0.0661. The van der Waals surface area contributed by atoms with E-state index in [-0.39, 0.29) is 11.3 Å². The van der Waals surface area contributed by atoms with Crippen LogP contribution in [-0.4, -0.2) is 21.4 Å². The third kappa shape index (κ3) is 3.74. The minimum atomic E-state index is -0.339. The van der Waals surface area contributed by atoms with Gasteiger partial charge in [0.05, 0.1) is 5.69 Å². The average molecular weight is 301 g/mol. The first-order valence-electron chi connectivity index (χ1n) is 7.66. The van der Waals surface area contributed by atoms with Crippen LogP contribution in [-0.2, 0) is 6.54 Å². The van der Waals surface area contributed by atoms with Crippen LogP contribution in [0.15, 0.2) is 35.1 Å². The Morgan fingerprint density at radius 2 is 1.95 bits per heavy atom. The molecule has 22 heavy (non-hydrogen) atoms. The third-order valence-corrected chi connectivity index (χ3v) is 3.51. The van der Waals surface area contributed by atoms with Gasteiger partial charge in [-0.05, 0) is 36.6 Å². The van der Waals surface area contributed by atoms with E-state index in [9.17, 15) is 9.90 Å². The standard InChI is InChI=1S/C17H23N3O2/c1-4-9-18-11-15-16(21)10-17(22)20(19-15)14-7-5-13(6-8-14)12(2)3/h5-8,10,12,18,21H,4,9,11H2,1-3H3. The molecule has 2 N–H and O–H groups in total. The molecule has 0 aliphatic rings. The van der Waals surface area contributed by atoms with Crippen LogP contribution in [0.1, 0.15) is 44.4 Å². The van der Waals surface area contributed by atoms with Gasteiger partial charge in [0.25, 0.3) is 5.56 Å². The molecule has 0 amide bonds. The van der Waals surface area contributed by atoms with Gasteiger partial charge in [-0.2, -0.15) is 9.78 Å². The van der Waals surface area contributed by atoms with Gasteiger partial charge in [-0.1, -0.05) is 32.9 Å². The molecule has 0 spiro atoms. The second-order valence-electron chi connectivity index (χ2n) is 5.65. The van der Waals surface area contributed by atoms with Crippen molar-refractivity contribution in [2.45, 2.75) is 39.7 Å². The molecule has 5 heteroatoms. The minimum Gasteiger partial charge on any atom is -0.506 e. The van der Waals surface area contributed by atoms with E-state index in [2.05, 4.69) is 31.2 Å². The quantitative estimate of drug-likeness (QED) is 0.805. The Balaban J connectivity index is 2.33. The van der Waals surface area contributed by atoms with Crippen LogP contribution in [0.4, 0.5) is 0 Å². The van der Waals surface area contributed by atoms with Gasteiger partial charge in [0, 0.05) is 12.6 Å². The number of aromatic hydroxyl groups is 1. The van der Waals surface area contributed by atoms with Gasteiger partial charge < -0.3 is 10.4 Å². The van der Waals surface area contributed by atoms with Crippen LogP contribution in [0.5, 0.6) is 5.75 Å². The van der Waals surface area contributed by atoms with Gasteiger partial charge in [0.15, 0.2) is 0 Å². The number of nitrogens with zero attached hydrogens (tertiary/aromatic N) is 2. The zero-order valence-corrected chi connectivity index (χ0v) is 13.3. The molecule has 0 unspecified atom stereocenters. The molecular formula is C17H23N3O2. The van der Waals surface area contributed by atoms with Crippen molar-refractivity contribution in [3.63, 3.8) is 0 Å². The maximum Gasteiger partial charge on any atom is 0.275 e. The first-order valence-corrected chi connectivity index (χ1v) is 7.66. The summed E-state index contributed by atoms with van der Waals surface area (Å²) < 4.78 is 1.33. The predicted molar refractivity (Wildman–Crippen MR) is 87.6 cm³/mol. The molecule has 2 rings (SSSR count). The number of aromatic nitrogens is 2. The van der Waals surface area contributed by atoms with Gasteiger partial charge in [-0.15, -0.1) is 0 Å². The topological polar surface area (TPSA) is 67.2 Å². The van der Waals surface area contributed by atoms with Gasteiger partial charge >= 0.3 is 0 Å². The first-order chi connectivity index (χ1) is 10.5. The summed E-state index contributed by atoms with van der Waals surface area (Å²) >= 11 is 0. The number of rotatable bonds is 6. The lowest BCUT2D eigenvalue weighted by molar-refractivity contribution is 0.451. The molecule has 1 aromatic carbocycles. The van der Waals surface area contributed by atoms with Gasteiger partial charge in [-0.3, -0.25) is 4.79 Å². The van der Waals surface area contributed by atoms with E-state index in [0.717, 1.165) is 13.0 Å². The Morgan fingerprint density at radius 3 is 2.55 bits per heavy atom. The van der Waals surface area contributed by atoms with Crippen LogP contribution in [0.3, 0.4) is 0 Å². The summed E-state index contributed by atoms with van der Waals surface area (Å²) in [6.07, 6.45) is 0.997. The molecule has 0 saturated carbocycles. The highest BCUT2D eigenvalue weighted by Crippen LogP contribution is 2.17. The fourth-order valence-corrected chi connectivity index (χ4v) is 2.18. The predicted octanol–water partition coefficient (Wildman–Crippen LogP) is 2.56. The molecule has 118 valence electrons.